The van der Waals surface area contributed by atoms with Gasteiger partial charge in [-0.05, 0) is 80.9 Å². The van der Waals surface area contributed by atoms with Gasteiger partial charge in [-0.1, -0.05) is 121 Å². The second-order valence-electron chi connectivity index (χ2n) is 9.39. The highest BCUT2D eigenvalue weighted by atomic mass is 16.1. The fourth-order valence-electron chi connectivity index (χ4n) is 4.87. The molecule has 0 saturated heterocycles. The minimum Gasteiger partial charge on any atom is -0.289 e. The Morgan fingerprint density at radius 3 is 0.763 bits per heavy atom. The Bertz CT molecular complexity index is 1440. The van der Waals surface area contributed by atoms with Gasteiger partial charge in [0, 0.05) is 11.1 Å². The van der Waals surface area contributed by atoms with E-state index < -0.39 is 0 Å². The lowest BCUT2D eigenvalue weighted by atomic mass is 9.90. The van der Waals surface area contributed by atoms with E-state index in [4.69, 9.17) is 0 Å². The summed E-state index contributed by atoms with van der Waals surface area (Å²) in [4.78, 5) is 14.2. The maximum atomic E-state index is 14.2. The van der Waals surface area contributed by atoms with Gasteiger partial charge in [-0.25, -0.2) is 0 Å². The van der Waals surface area contributed by atoms with E-state index >= 15 is 0 Å². The molecule has 0 aliphatic carbocycles. The SMILES string of the molecule is O=C(c1cc(-c2ccccc2)cc(-c2ccccc2)c1)c1cc(-c2ccccc2)cc(-c2ccccc2)c1. The smallest absolute Gasteiger partial charge is 0.193 e. The van der Waals surface area contributed by atoms with Crippen LogP contribution in [0.15, 0.2) is 158 Å². The summed E-state index contributed by atoms with van der Waals surface area (Å²) in [6, 6.07) is 53.3. The van der Waals surface area contributed by atoms with E-state index in [1.54, 1.807) is 0 Å². The van der Waals surface area contributed by atoms with E-state index in [0.29, 0.717) is 11.1 Å². The third-order valence-corrected chi connectivity index (χ3v) is 6.82. The molecule has 0 bridgehead atoms. The molecule has 0 fully saturated rings. The van der Waals surface area contributed by atoms with Gasteiger partial charge in [-0.2, -0.15) is 0 Å². The van der Waals surface area contributed by atoms with Crippen LogP contribution in [0.2, 0.25) is 0 Å². The normalized spacial score (nSPS) is 10.7. The van der Waals surface area contributed by atoms with Crippen molar-refractivity contribution in [3.63, 3.8) is 0 Å². The molecule has 6 rings (SSSR count). The molecule has 1 heteroatoms. The molecule has 0 aromatic heterocycles. The van der Waals surface area contributed by atoms with Crippen LogP contribution in [0.5, 0.6) is 0 Å². The van der Waals surface area contributed by atoms with Crippen LogP contribution in [-0.2, 0) is 0 Å². The number of carbonyl (C=O) groups is 1. The van der Waals surface area contributed by atoms with E-state index in [2.05, 4.69) is 60.7 Å². The number of ketones is 1. The molecule has 0 aliphatic heterocycles. The van der Waals surface area contributed by atoms with Crippen LogP contribution < -0.4 is 0 Å². The first-order chi connectivity index (χ1) is 18.7. The van der Waals surface area contributed by atoms with Gasteiger partial charge < -0.3 is 0 Å². The Morgan fingerprint density at radius 1 is 0.289 bits per heavy atom. The lowest BCUT2D eigenvalue weighted by molar-refractivity contribution is 0.103. The van der Waals surface area contributed by atoms with Crippen LogP contribution in [0, 0.1) is 0 Å². The number of hydrogen-bond donors (Lipinski definition) is 0. The van der Waals surface area contributed by atoms with Crippen LogP contribution >= 0.6 is 0 Å². The van der Waals surface area contributed by atoms with Crippen LogP contribution in [0.3, 0.4) is 0 Å². The third kappa shape index (κ3) is 4.96. The van der Waals surface area contributed by atoms with Crippen molar-refractivity contribution in [3.8, 4) is 44.5 Å². The lowest BCUT2D eigenvalue weighted by Gasteiger charge is -2.13. The summed E-state index contributed by atoms with van der Waals surface area (Å²) in [5.74, 6) is 0.00919. The molecule has 0 radical (unpaired) electrons. The summed E-state index contributed by atoms with van der Waals surface area (Å²) in [7, 11) is 0. The second-order valence-corrected chi connectivity index (χ2v) is 9.39. The van der Waals surface area contributed by atoms with E-state index in [9.17, 15) is 4.79 Å². The number of hydrogen-bond acceptors (Lipinski definition) is 1. The fourth-order valence-corrected chi connectivity index (χ4v) is 4.87. The summed E-state index contributed by atoms with van der Waals surface area (Å²) in [6.45, 7) is 0. The first-order valence-electron chi connectivity index (χ1n) is 12.8. The quantitative estimate of drug-likeness (QED) is 0.214. The first kappa shape index (κ1) is 23.4. The average molecular weight is 487 g/mol. The Balaban J connectivity index is 1.51. The zero-order valence-electron chi connectivity index (χ0n) is 20.9. The predicted octanol–water partition coefficient (Wildman–Crippen LogP) is 9.59. The molecule has 38 heavy (non-hydrogen) atoms. The topological polar surface area (TPSA) is 17.1 Å². The minimum absolute atomic E-state index is 0.00919. The van der Waals surface area contributed by atoms with Gasteiger partial charge >= 0.3 is 0 Å². The van der Waals surface area contributed by atoms with Crippen LogP contribution in [-0.4, -0.2) is 5.78 Å². The van der Waals surface area contributed by atoms with Crippen LogP contribution in [0.1, 0.15) is 15.9 Å². The van der Waals surface area contributed by atoms with Gasteiger partial charge in [0.15, 0.2) is 5.78 Å². The number of rotatable bonds is 6. The fraction of sp³-hybridized carbons (Fsp3) is 0. The van der Waals surface area contributed by atoms with E-state index in [-0.39, 0.29) is 5.78 Å². The van der Waals surface area contributed by atoms with Crippen molar-refractivity contribution < 1.29 is 4.79 Å². The molecule has 0 spiro atoms. The molecule has 0 heterocycles. The van der Waals surface area contributed by atoms with E-state index in [1.165, 1.54) is 0 Å². The van der Waals surface area contributed by atoms with Gasteiger partial charge in [-0.3, -0.25) is 4.79 Å². The molecular formula is C37H26O. The Hall–Kier alpha value is -5.01. The summed E-state index contributed by atoms with van der Waals surface area (Å²) >= 11 is 0. The van der Waals surface area contributed by atoms with Gasteiger partial charge in [0.25, 0.3) is 0 Å². The van der Waals surface area contributed by atoms with E-state index in [0.717, 1.165) is 44.5 Å². The van der Waals surface area contributed by atoms with Gasteiger partial charge in [-0.15, -0.1) is 0 Å². The zero-order chi connectivity index (χ0) is 25.7. The molecule has 0 aliphatic rings. The van der Waals surface area contributed by atoms with Gasteiger partial charge in [0.05, 0.1) is 0 Å². The number of carbonyl (C=O) groups excluding carboxylic acids is 1. The molecule has 0 N–H and O–H groups in total. The Kier molecular flexibility index (Phi) is 6.49. The van der Waals surface area contributed by atoms with Crippen molar-refractivity contribution in [1.29, 1.82) is 0 Å². The first-order valence-corrected chi connectivity index (χ1v) is 12.8. The summed E-state index contributed by atoms with van der Waals surface area (Å²) < 4.78 is 0. The Labute approximate surface area is 223 Å². The van der Waals surface area contributed by atoms with Crippen LogP contribution in [0.25, 0.3) is 44.5 Å². The minimum atomic E-state index is 0.00919. The molecule has 6 aromatic rings. The maximum Gasteiger partial charge on any atom is 0.193 e. The van der Waals surface area contributed by atoms with Crippen molar-refractivity contribution in [2.45, 2.75) is 0 Å². The Morgan fingerprint density at radius 2 is 0.526 bits per heavy atom. The monoisotopic (exact) mass is 486 g/mol. The van der Waals surface area contributed by atoms with Crippen molar-refractivity contribution in [2.75, 3.05) is 0 Å². The molecule has 0 saturated carbocycles. The highest BCUT2D eigenvalue weighted by Gasteiger charge is 2.16. The molecule has 180 valence electrons. The zero-order valence-corrected chi connectivity index (χ0v) is 20.9. The number of benzene rings is 6. The summed E-state index contributed by atoms with van der Waals surface area (Å²) in [5, 5.41) is 0. The lowest BCUT2D eigenvalue weighted by Crippen LogP contribution is -2.03. The van der Waals surface area contributed by atoms with Crippen molar-refractivity contribution >= 4 is 5.78 Å². The molecular weight excluding hydrogens is 460 g/mol. The molecule has 0 amide bonds. The molecule has 6 aromatic carbocycles. The largest absolute Gasteiger partial charge is 0.289 e. The maximum absolute atomic E-state index is 14.2. The molecule has 0 atom stereocenters. The summed E-state index contributed by atoms with van der Waals surface area (Å²) in [6.07, 6.45) is 0. The second kappa shape index (κ2) is 10.5. The van der Waals surface area contributed by atoms with Crippen molar-refractivity contribution in [1.82, 2.24) is 0 Å². The van der Waals surface area contributed by atoms with Crippen molar-refractivity contribution in [3.05, 3.63) is 169 Å². The average Bonchev–Trinajstić information content (AvgIpc) is 3.02. The highest BCUT2D eigenvalue weighted by Crippen LogP contribution is 2.32. The molecule has 1 nitrogen and oxygen atoms in total. The third-order valence-electron chi connectivity index (χ3n) is 6.82. The standard InChI is InChI=1S/C37H26O/c38-37(35-23-31(27-13-5-1-6-14-27)21-32(24-35)28-15-7-2-8-16-28)36-25-33(29-17-9-3-10-18-29)22-34(26-36)30-19-11-4-12-20-30/h1-26H. The predicted molar refractivity (Wildman–Crippen MR) is 158 cm³/mol. The summed E-state index contributed by atoms with van der Waals surface area (Å²) in [5.41, 5.74) is 9.80. The van der Waals surface area contributed by atoms with Crippen molar-refractivity contribution in [2.24, 2.45) is 0 Å². The van der Waals surface area contributed by atoms with Gasteiger partial charge in [0.1, 0.15) is 0 Å². The van der Waals surface area contributed by atoms with E-state index in [1.807, 2.05) is 97.1 Å². The van der Waals surface area contributed by atoms with Crippen LogP contribution in [0.4, 0.5) is 0 Å². The molecule has 0 unspecified atom stereocenters. The highest BCUT2D eigenvalue weighted by molar-refractivity contribution is 6.11. The van der Waals surface area contributed by atoms with Gasteiger partial charge in [0.2, 0.25) is 0 Å².